The fourth-order valence-electron chi connectivity index (χ4n) is 1.84. The van der Waals surface area contributed by atoms with Crippen molar-refractivity contribution < 1.29 is 4.79 Å². The zero-order valence-corrected chi connectivity index (χ0v) is 11.1. The molecule has 0 saturated heterocycles. The highest BCUT2D eigenvalue weighted by Gasteiger charge is 2.10. The lowest BCUT2D eigenvalue weighted by Gasteiger charge is -2.04. The highest BCUT2D eigenvalue weighted by Crippen LogP contribution is 2.11. The van der Waals surface area contributed by atoms with Crippen molar-refractivity contribution in [1.82, 2.24) is 24.9 Å². The Hall–Kier alpha value is -2.47. The van der Waals surface area contributed by atoms with E-state index in [0.717, 1.165) is 0 Å². The third-order valence-electron chi connectivity index (χ3n) is 2.78. The number of hydrogen-bond donors (Lipinski definition) is 1. The van der Waals surface area contributed by atoms with E-state index in [4.69, 9.17) is 11.6 Å². The predicted octanol–water partition coefficient (Wildman–Crippen LogP) is 1.71. The van der Waals surface area contributed by atoms with Gasteiger partial charge in [-0.25, -0.2) is 0 Å². The molecule has 100 valence electrons. The maximum Gasteiger partial charge on any atom is 0.251 e. The van der Waals surface area contributed by atoms with Crippen molar-refractivity contribution >= 4 is 23.2 Å². The molecule has 7 heteroatoms. The first-order valence-electron chi connectivity index (χ1n) is 5.92. The summed E-state index contributed by atoms with van der Waals surface area (Å²) in [5.41, 5.74) is 1.13. The Labute approximate surface area is 119 Å². The van der Waals surface area contributed by atoms with Gasteiger partial charge in [0.15, 0.2) is 11.5 Å². The van der Waals surface area contributed by atoms with Gasteiger partial charge in [-0.15, -0.1) is 10.2 Å². The lowest BCUT2D eigenvalue weighted by Crippen LogP contribution is -2.24. The van der Waals surface area contributed by atoms with Gasteiger partial charge in [0.05, 0.1) is 18.9 Å². The molecule has 0 spiro atoms. The van der Waals surface area contributed by atoms with E-state index in [9.17, 15) is 4.79 Å². The van der Waals surface area contributed by atoms with Crippen molar-refractivity contribution in [1.29, 1.82) is 0 Å². The van der Waals surface area contributed by atoms with Crippen LogP contribution in [0.3, 0.4) is 0 Å². The third-order valence-corrected chi connectivity index (χ3v) is 3.05. The van der Waals surface area contributed by atoms with E-state index in [-0.39, 0.29) is 12.5 Å². The van der Waals surface area contributed by atoms with Crippen LogP contribution in [-0.4, -0.2) is 25.5 Å². The molecule has 0 fully saturated rings. The summed E-state index contributed by atoms with van der Waals surface area (Å²) in [5.74, 6) is 0.379. The molecule has 0 radical (unpaired) electrons. The van der Waals surface area contributed by atoms with Gasteiger partial charge in [-0.2, -0.15) is 0 Å². The van der Waals surface area contributed by atoms with Crippen LogP contribution in [0.1, 0.15) is 16.2 Å². The molecule has 20 heavy (non-hydrogen) atoms. The van der Waals surface area contributed by atoms with Gasteiger partial charge in [0, 0.05) is 5.56 Å². The summed E-state index contributed by atoms with van der Waals surface area (Å²) < 4.78 is 1.64. The summed E-state index contributed by atoms with van der Waals surface area (Å²) in [6.07, 6.45) is 3.06. The maximum absolute atomic E-state index is 11.9. The quantitative estimate of drug-likeness (QED) is 0.796. The fourth-order valence-corrected chi connectivity index (χ4v) is 2.08. The molecule has 6 nitrogen and oxygen atoms in total. The molecule has 0 saturated carbocycles. The van der Waals surface area contributed by atoms with Crippen molar-refractivity contribution in [2.75, 3.05) is 0 Å². The number of nitrogens with zero attached hydrogens (tertiary/aromatic N) is 4. The molecule has 3 aromatic rings. The summed E-state index contributed by atoms with van der Waals surface area (Å²) in [7, 11) is 0. The van der Waals surface area contributed by atoms with Crippen molar-refractivity contribution in [3.63, 3.8) is 0 Å². The summed E-state index contributed by atoms with van der Waals surface area (Å²) >= 11 is 6.04. The highest BCUT2D eigenvalue weighted by molar-refractivity contribution is 6.29. The predicted molar refractivity (Wildman–Crippen MR) is 73.4 cm³/mol. The van der Waals surface area contributed by atoms with Crippen LogP contribution in [0, 0.1) is 0 Å². The molecule has 1 N–H and O–H groups in total. The number of nitrogens with one attached hydrogen (secondary N) is 1. The molecule has 0 aliphatic carbocycles. The number of halogens is 1. The van der Waals surface area contributed by atoms with Crippen LogP contribution in [-0.2, 0) is 6.54 Å². The van der Waals surface area contributed by atoms with Gasteiger partial charge in [-0.05, 0) is 12.1 Å². The molecule has 1 amide bonds. The number of carbonyl (C=O) groups excluding carboxylic acids is 1. The van der Waals surface area contributed by atoms with Crippen LogP contribution in [0.4, 0.5) is 0 Å². The molecule has 0 unspecified atom stereocenters. The minimum absolute atomic E-state index is 0.174. The average molecular weight is 288 g/mol. The first kappa shape index (κ1) is 12.6. The standard InChI is InChI=1S/C13H10ClN5O/c14-10-6-15-7-11-17-18-12(19(10)11)8-16-13(20)9-4-2-1-3-5-9/h1-7H,8H2,(H,16,20). The molecule has 0 aliphatic heterocycles. The normalized spacial score (nSPS) is 10.7. The number of amides is 1. The third kappa shape index (κ3) is 2.33. The van der Waals surface area contributed by atoms with Gasteiger partial charge >= 0.3 is 0 Å². The molecular weight excluding hydrogens is 278 g/mol. The topological polar surface area (TPSA) is 72.2 Å². The van der Waals surface area contributed by atoms with Crippen LogP contribution in [0.15, 0.2) is 42.7 Å². The number of aromatic nitrogens is 4. The largest absolute Gasteiger partial charge is 0.345 e. The first-order valence-corrected chi connectivity index (χ1v) is 6.30. The van der Waals surface area contributed by atoms with E-state index in [1.165, 1.54) is 6.20 Å². The summed E-state index contributed by atoms with van der Waals surface area (Å²) in [6.45, 7) is 0.235. The molecule has 0 aliphatic rings. The minimum Gasteiger partial charge on any atom is -0.345 e. The summed E-state index contributed by atoms with van der Waals surface area (Å²) in [5, 5.41) is 11.1. The molecular formula is C13H10ClN5O. The van der Waals surface area contributed by atoms with Crippen LogP contribution in [0.25, 0.3) is 5.65 Å². The van der Waals surface area contributed by atoms with Crippen LogP contribution in [0.2, 0.25) is 5.15 Å². The van der Waals surface area contributed by atoms with Crippen molar-refractivity contribution in [2.24, 2.45) is 0 Å². The maximum atomic E-state index is 11.9. The Morgan fingerprint density at radius 3 is 2.80 bits per heavy atom. The second-order valence-electron chi connectivity index (χ2n) is 4.09. The number of rotatable bonds is 3. The lowest BCUT2D eigenvalue weighted by molar-refractivity contribution is 0.0950. The molecule has 3 rings (SSSR count). The van der Waals surface area contributed by atoms with E-state index in [1.54, 1.807) is 22.7 Å². The Morgan fingerprint density at radius 1 is 1.20 bits per heavy atom. The Bertz CT molecular complexity index is 756. The number of carbonyl (C=O) groups is 1. The van der Waals surface area contributed by atoms with E-state index >= 15 is 0 Å². The molecule has 0 bridgehead atoms. The highest BCUT2D eigenvalue weighted by atomic mass is 35.5. The van der Waals surface area contributed by atoms with Gasteiger partial charge in [-0.1, -0.05) is 29.8 Å². The molecule has 2 heterocycles. The molecule has 1 aromatic carbocycles. The first-order chi connectivity index (χ1) is 9.75. The van der Waals surface area contributed by atoms with Crippen LogP contribution >= 0.6 is 11.6 Å². The zero-order valence-electron chi connectivity index (χ0n) is 10.3. The van der Waals surface area contributed by atoms with E-state index in [0.29, 0.717) is 22.2 Å². The monoisotopic (exact) mass is 287 g/mol. The number of benzene rings is 1. The van der Waals surface area contributed by atoms with Gasteiger partial charge in [0.25, 0.3) is 5.91 Å². The molecule has 0 atom stereocenters. The second kappa shape index (κ2) is 5.26. The van der Waals surface area contributed by atoms with E-state index in [2.05, 4.69) is 20.5 Å². The van der Waals surface area contributed by atoms with Gasteiger partial charge in [0.2, 0.25) is 0 Å². The number of fused-ring (bicyclic) bond motifs is 1. The van der Waals surface area contributed by atoms with Gasteiger partial charge in [-0.3, -0.25) is 14.2 Å². The Morgan fingerprint density at radius 2 is 2.00 bits per heavy atom. The SMILES string of the molecule is O=C(NCc1nnc2cncc(Cl)n12)c1ccccc1. The van der Waals surface area contributed by atoms with E-state index in [1.807, 2.05) is 18.2 Å². The lowest BCUT2D eigenvalue weighted by atomic mass is 10.2. The Balaban J connectivity index is 1.79. The average Bonchev–Trinajstić information content (AvgIpc) is 2.90. The zero-order chi connectivity index (χ0) is 13.9. The smallest absolute Gasteiger partial charge is 0.251 e. The van der Waals surface area contributed by atoms with Gasteiger partial charge in [0.1, 0.15) is 5.15 Å². The minimum atomic E-state index is -0.174. The van der Waals surface area contributed by atoms with E-state index < -0.39 is 0 Å². The second-order valence-corrected chi connectivity index (χ2v) is 4.48. The van der Waals surface area contributed by atoms with Gasteiger partial charge < -0.3 is 5.32 Å². The van der Waals surface area contributed by atoms with Crippen LogP contribution in [0.5, 0.6) is 0 Å². The van der Waals surface area contributed by atoms with Crippen molar-refractivity contribution in [2.45, 2.75) is 6.54 Å². The van der Waals surface area contributed by atoms with Crippen LogP contribution < -0.4 is 5.32 Å². The van der Waals surface area contributed by atoms with Crippen molar-refractivity contribution in [3.05, 3.63) is 59.3 Å². The fraction of sp³-hybridized carbons (Fsp3) is 0.0769. The Kier molecular flexibility index (Phi) is 3.30. The summed E-state index contributed by atoms with van der Waals surface area (Å²) in [6, 6.07) is 8.96. The van der Waals surface area contributed by atoms with Crippen molar-refractivity contribution in [3.8, 4) is 0 Å². The summed E-state index contributed by atoms with van der Waals surface area (Å²) in [4.78, 5) is 15.9. The molecule has 2 aromatic heterocycles. The number of hydrogen-bond acceptors (Lipinski definition) is 4.